The molecule has 0 bridgehead atoms. The van der Waals surface area contributed by atoms with Crippen molar-refractivity contribution >= 4 is 18.2 Å². The number of aliphatic carboxylic acids is 1. The Balaban J connectivity index is 1.37. The van der Waals surface area contributed by atoms with Crippen molar-refractivity contribution in [1.29, 1.82) is 0 Å². The highest BCUT2D eigenvalue weighted by molar-refractivity contribution is 5.80. The van der Waals surface area contributed by atoms with Gasteiger partial charge in [0.15, 0.2) is 0 Å². The Labute approximate surface area is 229 Å². The van der Waals surface area contributed by atoms with Crippen LogP contribution in [0.15, 0.2) is 48.5 Å². The van der Waals surface area contributed by atoms with Gasteiger partial charge < -0.3 is 24.4 Å². The molecule has 3 aliphatic rings. The molecule has 0 aromatic heterocycles. The highest BCUT2D eigenvalue weighted by Gasteiger charge is 2.54. The summed E-state index contributed by atoms with van der Waals surface area (Å²) in [6.07, 6.45) is 1.25. The van der Waals surface area contributed by atoms with Crippen LogP contribution in [-0.2, 0) is 14.3 Å². The van der Waals surface area contributed by atoms with Crippen LogP contribution in [-0.4, -0.2) is 70.4 Å². The molecule has 1 saturated heterocycles. The first-order valence-corrected chi connectivity index (χ1v) is 13.9. The molecule has 8 nitrogen and oxygen atoms in total. The van der Waals surface area contributed by atoms with Crippen LogP contribution in [0.4, 0.5) is 9.59 Å². The number of ether oxygens (including phenoxy) is 2. The summed E-state index contributed by atoms with van der Waals surface area (Å²) < 4.78 is 11.6. The number of rotatable bonds is 7. The maximum absolute atomic E-state index is 13.8. The van der Waals surface area contributed by atoms with Crippen molar-refractivity contribution < 1.29 is 29.0 Å². The minimum absolute atomic E-state index is 0.0718. The Kier molecular flexibility index (Phi) is 7.08. The summed E-state index contributed by atoms with van der Waals surface area (Å²) >= 11 is 0. The summed E-state index contributed by atoms with van der Waals surface area (Å²) in [7, 11) is 0. The summed E-state index contributed by atoms with van der Waals surface area (Å²) in [6.45, 7) is 8.11. The number of nitrogens with zero attached hydrogens (tertiary/aromatic N) is 2. The van der Waals surface area contributed by atoms with E-state index < -0.39 is 29.2 Å². The molecule has 0 spiro atoms. The number of carbonyl (C=O) groups is 3. The zero-order valence-corrected chi connectivity index (χ0v) is 23.2. The van der Waals surface area contributed by atoms with Crippen LogP contribution in [0, 0.1) is 5.41 Å². The topological polar surface area (TPSA) is 96.4 Å². The first-order chi connectivity index (χ1) is 18.5. The fourth-order valence-electron chi connectivity index (χ4n) is 6.15. The third kappa shape index (κ3) is 5.21. The molecular weight excluding hydrogens is 496 g/mol. The Bertz CT molecular complexity index is 1220. The van der Waals surface area contributed by atoms with Crippen LogP contribution in [0.5, 0.6) is 0 Å². The predicted octanol–water partition coefficient (Wildman–Crippen LogP) is 5.89. The molecule has 1 saturated carbocycles. The fraction of sp³-hybridized carbons (Fsp3) is 0.516. The lowest BCUT2D eigenvalue weighted by Gasteiger charge is -2.36. The van der Waals surface area contributed by atoms with E-state index in [1.54, 1.807) is 9.80 Å². The van der Waals surface area contributed by atoms with E-state index in [4.69, 9.17) is 9.47 Å². The summed E-state index contributed by atoms with van der Waals surface area (Å²) in [5.74, 6) is -0.990. The number of hydrogen-bond acceptors (Lipinski definition) is 5. The van der Waals surface area contributed by atoms with Gasteiger partial charge in [0.2, 0.25) is 0 Å². The lowest BCUT2D eigenvalue weighted by atomic mass is 9.98. The average Bonchev–Trinajstić information content (AvgIpc) is 3.45. The molecule has 8 heteroatoms. The van der Waals surface area contributed by atoms with Gasteiger partial charge >= 0.3 is 18.2 Å². The van der Waals surface area contributed by atoms with Gasteiger partial charge in [0.25, 0.3) is 0 Å². The van der Waals surface area contributed by atoms with Crippen LogP contribution < -0.4 is 0 Å². The van der Waals surface area contributed by atoms with Gasteiger partial charge in [-0.15, -0.1) is 0 Å². The quantitative estimate of drug-likeness (QED) is 0.476. The standard InChI is InChI=1S/C31H38N2O6/c1-5-25-26(14-17-32(25)29(37)39-30(2,3)4)33(19-31(15-16-31)27(34)35)28(36)38-18-24-22-12-8-6-10-20(22)21-11-7-9-13-23(21)24/h6-13,24-26H,5,14-19H2,1-4H3,(H,34,35)/t25-,26+/m1/s1. The number of amides is 2. The number of benzene rings is 2. The Morgan fingerprint density at radius 1 is 1.03 bits per heavy atom. The second-order valence-corrected chi connectivity index (χ2v) is 12.0. The third-order valence-electron chi connectivity index (χ3n) is 8.31. The maximum Gasteiger partial charge on any atom is 0.410 e. The molecule has 1 aliphatic heterocycles. The zero-order chi connectivity index (χ0) is 27.9. The van der Waals surface area contributed by atoms with Gasteiger partial charge in [-0.2, -0.15) is 0 Å². The summed E-state index contributed by atoms with van der Waals surface area (Å²) in [5.41, 5.74) is 2.92. The van der Waals surface area contributed by atoms with Crippen molar-refractivity contribution in [3.8, 4) is 11.1 Å². The molecule has 2 amide bonds. The van der Waals surface area contributed by atoms with Crippen molar-refractivity contribution in [2.75, 3.05) is 19.7 Å². The number of carboxylic acids is 1. The van der Waals surface area contributed by atoms with Crippen LogP contribution >= 0.6 is 0 Å². The van der Waals surface area contributed by atoms with Crippen LogP contribution in [0.1, 0.15) is 70.4 Å². The zero-order valence-electron chi connectivity index (χ0n) is 23.2. The van der Waals surface area contributed by atoms with Crippen molar-refractivity contribution in [3.63, 3.8) is 0 Å². The SMILES string of the molecule is CC[C@@H]1[C@@H](N(CC2(C(=O)O)CC2)C(=O)OCC2c3ccccc3-c3ccccc32)CCN1C(=O)OC(C)(C)C. The minimum atomic E-state index is -0.955. The number of fused-ring (bicyclic) bond motifs is 3. The lowest BCUT2D eigenvalue weighted by molar-refractivity contribution is -0.144. The highest BCUT2D eigenvalue weighted by Crippen LogP contribution is 2.48. The summed E-state index contributed by atoms with van der Waals surface area (Å²) in [6, 6.07) is 15.7. The second kappa shape index (κ2) is 10.2. The Morgan fingerprint density at radius 2 is 1.62 bits per heavy atom. The molecule has 1 heterocycles. The number of hydrogen-bond donors (Lipinski definition) is 1. The van der Waals surface area contributed by atoms with E-state index in [9.17, 15) is 19.5 Å². The molecule has 5 rings (SSSR count). The van der Waals surface area contributed by atoms with Crippen molar-refractivity contribution in [2.45, 2.75) is 77.0 Å². The van der Waals surface area contributed by atoms with Gasteiger partial charge in [0.05, 0.1) is 17.5 Å². The molecule has 2 atom stereocenters. The fourth-order valence-corrected chi connectivity index (χ4v) is 6.15. The Morgan fingerprint density at radius 3 is 2.13 bits per heavy atom. The molecule has 1 N–H and O–H groups in total. The van der Waals surface area contributed by atoms with Crippen molar-refractivity contribution in [3.05, 3.63) is 59.7 Å². The predicted molar refractivity (Wildman–Crippen MR) is 147 cm³/mol. The first-order valence-electron chi connectivity index (χ1n) is 13.9. The van der Waals surface area contributed by atoms with Crippen LogP contribution in [0.25, 0.3) is 11.1 Å². The van der Waals surface area contributed by atoms with E-state index in [-0.39, 0.29) is 31.2 Å². The second-order valence-electron chi connectivity index (χ2n) is 12.0. The third-order valence-corrected chi connectivity index (χ3v) is 8.31. The van der Waals surface area contributed by atoms with E-state index >= 15 is 0 Å². The van der Waals surface area contributed by atoms with E-state index in [0.29, 0.717) is 32.2 Å². The summed E-state index contributed by atoms with van der Waals surface area (Å²) in [4.78, 5) is 42.1. The molecule has 2 aliphatic carbocycles. The maximum atomic E-state index is 13.8. The van der Waals surface area contributed by atoms with E-state index in [1.807, 2.05) is 52.0 Å². The molecule has 39 heavy (non-hydrogen) atoms. The molecule has 2 aromatic carbocycles. The molecule has 0 unspecified atom stereocenters. The normalized spacial score (nSPS) is 21.2. The van der Waals surface area contributed by atoms with Crippen LogP contribution in [0.3, 0.4) is 0 Å². The number of likely N-dealkylation sites (tertiary alicyclic amines) is 1. The first kappa shape index (κ1) is 27.0. The molecular formula is C31H38N2O6. The van der Waals surface area contributed by atoms with Crippen LogP contribution in [0.2, 0.25) is 0 Å². The molecule has 208 valence electrons. The largest absolute Gasteiger partial charge is 0.481 e. The van der Waals surface area contributed by atoms with Crippen molar-refractivity contribution in [1.82, 2.24) is 9.80 Å². The van der Waals surface area contributed by atoms with E-state index in [2.05, 4.69) is 24.3 Å². The van der Waals surface area contributed by atoms with E-state index in [0.717, 1.165) is 22.3 Å². The molecule has 2 fully saturated rings. The highest BCUT2D eigenvalue weighted by atomic mass is 16.6. The number of carbonyl (C=O) groups excluding carboxylic acids is 2. The average molecular weight is 535 g/mol. The molecule has 0 radical (unpaired) electrons. The monoisotopic (exact) mass is 534 g/mol. The lowest BCUT2D eigenvalue weighted by Crippen LogP contribution is -2.52. The van der Waals surface area contributed by atoms with Gasteiger partial charge in [-0.05, 0) is 68.7 Å². The smallest absolute Gasteiger partial charge is 0.410 e. The van der Waals surface area contributed by atoms with Gasteiger partial charge in [-0.1, -0.05) is 55.5 Å². The minimum Gasteiger partial charge on any atom is -0.481 e. The number of carboxylic acid groups (broad SMARTS) is 1. The van der Waals surface area contributed by atoms with Gasteiger partial charge in [0, 0.05) is 19.0 Å². The van der Waals surface area contributed by atoms with Gasteiger partial charge in [-0.3, -0.25) is 4.79 Å². The van der Waals surface area contributed by atoms with Gasteiger partial charge in [-0.25, -0.2) is 9.59 Å². The summed E-state index contributed by atoms with van der Waals surface area (Å²) in [5, 5.41) is 9.93. The van der Waals surface area contributed by atoms with Gasteiger partial charge in [0.1, 0.15) is 12.2 Å². The van der Waals surface area contributed by atoms with Crippen molar-refractivity contribution in [2.24, 2.45) is 5.41 Å². The van der Waals surface area contributed by atoms with E-state index in [1.165, 1.54) is 0 Å². The molecule has 2 aromatic rings. The Hall–Kier alpha value is -3.55.